The summed E-state index contributed by atoms with van der Waals surface area (Å²) in [6.07, 6.45) is 0. The summed E-state index contributed by atoms with van der Waals surface area (Å²) >= 11 is 0. The van der Waals surface area contributed by atoms with Crippen molar-refractivity contribution < 1.29 is 0 Å². The molecule has 5 heteroatoms. The van der Waals surface area contributed by atoms with Crippen molar-refractivity contribution in [1.82, 2.24) is 9.97 Å². The second-order valence-corrected chi connectivity index (χ2v) is 7.90. The van der Waals surface area contributed by atoms with Gasteiger partial charge in [-0.3, -0.25) is 0 Å². The Morgan fingerprint density at radius 2 is 1.48 bits per heavy atom. The summed E-state index contributed by atoms with van der Waals surface area (Å²) < 4.78 is 0. The Morgan fingerprint density at radius 3 is 2.14 bits per heavy atom. The summed E-state index contributed by atoms with van der Waals surface area (Å²) in [7, 11) is 0. The monoisotopic (exact) mass is 387 g/mol. The first-order valence-corrected chi connectivity index (χ1v) is 10.4. The van der Waals surface area contributed by atoms with Crippen LogP contribution in [0.25, 0.3) is 0 Å². The van der Waals surface area contributed by atoms with Gasteiger partial charge in [0.15, 0.2) is 0 Å². The Bertz CT molecular complexity index is 929. The second kappa shape index (κ2) is 8.52. The molecule has 1 aliphatic heterocycles. The molecule has 0 saturated carbocycles. The molecule has 0 aliphatic carbocycles. The molecule has 0 atom stereocenters. The first kappa shape index (κ1) is 19.2. The lowest BCUT2D eigenvalue weighted by Crippen LogP contribution is -2.46. The number of hydrogen-bond acceptors (Lipinski definition) is 5. The summed E-state index contributed by atoms with van der Waals surface area (Å²) in [5, 5.41) is 3.37. The lowest BCUT2D eigenvalue weighted by Gasteiger charge is -2.36. The largest absolute Gasteiger partial charge is 0.368 e. The highest BCUT2D eigenvalue weighted by atomic mass is 15.3. The molecule has 5 nitrogen and oxygen atoms in total. The van der Waals surface area contributed by atoms with Gasteiger partial charge in [0, 0.05) is 49.3 Å². The number of aryl methyl sites for hydroxylation is 1. The molecule has 0 amide bonds. The van der Waals surface area contributed by atoms with Gasteiger partial charge in [-0.05, 0) is 42.7 Å². The smallest absolute Gasteiger partial charge is 0.229 e. The van der Waals surface area contributed by atoms with Gasteiger partial charge >= 0.3 is 0 Å². The minimum atomic E-state index is 0.528. The zero-order valence-electron chi connectivity index (χ0n) is 17.5. The first-order chi connectivity index (χ1) is 14.1. The van der Waals surface area contributed by atoms with Gasteiger partial charge in [-0.25, -0.2) is 4.98 Å². The maximum atomic E-state index is 4.79. The van der Waals surface area contributed by atoms with Gasteiger partial charge in [0.25, 0.3) is 0 Å². The van der Waals surface area contributed by atoms with E-state index in [1.54, 1.807) is 0 Å². The minimum absolute atomic E-state index is 0.528. The molecule has 150 valence electrons. The van der Waals surface area contributed by atoms with Crippen LogP contribution >= 0.6 is 0 Å². The Hall–Kier alpha value is -3.08. The minimum Gasteiger partial charge on any atom is -0.368 e. The van der Waals surface area contributed by atoms with Crippen molar-refractivity contribution >= 4 is 23.1 Å². The Balaban J connectivity index is 1.44. The van der Waals surface area contributed by atoms with E-state index in [0.717, 1.165) is 43.4 Å². The van der Waals surface area contributed by atoms with E-state index in [9.17, 15) is 0 Å². The number of benzene rings is 2. The van der Waals surface area contributed by atoms with Crippen LogP contribution in [0.1, 0.15) is 31.0 Å². The maximum absolute atomic E-state index is 4.79. The maximum Gasteiger partial charge on any atom is 0.229 e. The highest BCUT2D eigenvalue weighted by Crippen LogP contribution is 2.23. The van der Waals surface area contributed by atoms with E-state index in [1.165, 1.54) is 11.3 Å². The lowest BCUT2D eigenvalue weighted by atomic mass is 10.0. The molecule has 0 radical (unpaired) electrons. The van der Waals surface area contributed by atoms with E-state index in [4.69, 9.17) is 4.98 Å². The van der Waals surface area contributed by atoms with Gasteiger partial charge in [-0.1, -0.05) is 44.2 Å². The van der Waals surface area contributed by atoms with Crippen LogP contribution in [0, 0.1) is 6.92 Å². The standard InChI is InChI=1S/C24H29N5/c1-18(2)20-9-11-21(12-10-20)26-24-25-19(3)17-23(27-24)29-15-13-28(14-16-29)22-7-5-4-6-8-22/h4-12,17-18H,13-16H2,1-3H3,(H,25,26,27). The van der Waals surface area contributed by atoms with Crippen molar-refractivity contribution in [2.45, 2.75) is 26.7 Å². The molecule has 1 saturated heterocycles. The molecule has 1 fully saturated rings. The van der Waals surface area contributed by atoms with Gasteiger partial charge in [-0.2, -0.15) is 4.98 Å². The zero-order chi connectivity index (χ0) is 20.2. The number of para-hydroxylation sites is 1. The fraction of sp³-hybridized carbons (Fsp3) is 0.333. The summed E-state index contributed by atoms with van der Waals surface area (Å²) in [5.74, 6) is 2.18. The Labute approximate surface area is 173 Å². The number of hydrogen-bond donors (Lipinski definition) is 1. The molecule has 29 heavy (non-hydrogen) atoms. The molecule has 3 aromatic rings. The highest BCUT2D eigenvalue weighted by molar-refractivity contribution is 5.57. The predicted molar refractivity (Wildman–Crippen MR) is 121 cm³/mol. The van der Waals surface area contributed by atoms with Crippen LogP contribution in [0.5, 0.6) is 0 Å². The normalized spacial score (nSPS) is 14.3. The third-order valence-electron chi connectivity index (χ3n) is 5.40. The first-order valence-electron chi connectivity index (χ1n) is 10.4. The molecule has 1 N–H and O–H groups in total. The molecular weight excluding hydrogens is 358 g/mol. The quantitative estimate of drug-likeness (QED) is 0.669. The number of aromatic nitrogens is 2. The van der Waals surface area contributed by atoms with E-state index >= 15 is 0 Å². The SMILES string of the molecule is Cc1cc(N2CCN(c3ccccc3)CC2)nc(Nc2ccc(C(C)C)cc2)n1. The van der Waals surface area contributed by atoms with Crippen LogP contribution in [0.4, 0.5) is 23.1 Å². The molecular formula is C24H29N5. The summed E-state index contributed by atoms with van der Waals surface area (Å²) in [6, 6.07) is 21.2. The lowest BCUT2D eigenvalue weighted by molar-refractivity contribution is 0.647. The van der Waals surface area contributed by atoms with Crippen molar-refractivity contribution in [2.75, 3.05) is 41.3 Å². The second-order valence-electron chi connectivity index (χ2n) is 7.90. The summed E-state index contributed by atoms with van der Waals surface area (Å²) in [5.41, 5.74) is 4.61. The van der Waals surface area contributed by atoms with Crippen molar-refractivity contribution in [3.63, 3.8) is 0 Å². The van der Waals surface area contributed by atoms with Crippen LogP contribution in [0.3, 0.4) is 0 Å². The average molecular weight is 388 g/mol. The molecule has 2 heterocycles. The molecule has 1 aromatic heterocycles. The molecule has 4 rings (SSSR count). The van der Waals surface area contributed by atoms with Gasteiger partial charge in [0.2, 0.25) is 5.95 Å². The Kier molecular flexibility index (Phi) is 5.65. The van der Waals surface area contributed by atoms with E-state index in [-0.39, 0.29) is 0 Å². The third kappa shape index (κ3) is 4.67. The number of rotatable bonds is 5. The van der Waals surface area contributed by atoms with Crippen molar-refractivity contribution in [1.29, 1.82) is 0 Å². The molecule has 1 aliphatic rings. The fourth-order valence-corrected chi connectivity index (χ4v) is 3.68. The average Bonchev–Trinajstić information content (AvgIpc) is 2.74. The van der Waals surface area contributed by atoms with E-state index in [1.807, 2.05) is 6.92 Å². The van der Waals surface area contributed by atoms with Gasteiger partial charge in [0.1, 0.15) is 5.82 Å². The van der Waals surface area contributed by atoms with Crippen LogP contribution in [-0.2, 0) is 0 Å². The van der Waals surface area contributed by atoms with Crippen molar-refractivity contribution in [3.8, 4) is 0 Å². The number of piperazine rings is 1. The van der Waals surface area contributed by atoms with Crippen LogP contribution in [-0.4, -0.2) is 36.1 Å². The van der Waals surface area contributed by atoms with Crippen molar-refractivity contribution in [2.24, 2.45) is 0 Å². The van der Waals surface area contributed by atoms with Crippen molar-refractivity contribution in [3.05, 3.63) is 71.9 Å². The third-order valence-corrected chi connectivity index (χ3v) is 5.40. The van der Waals surface area contributed by atoms with Crippen LogP contribution in [0.2, 0.25) is 0 Å². The van der Waals surface area contributed by atoms with Crippen LogP contribution < -0.4 is 15.1 Å². The van der Waals surface area contributed by atoms with Gasteiger partial charge in [-0.15, -0.1) is 0 Å². The summed E-state index contributed by atoms with van der Waals surface area (Å²) in [4.78, 5) is 14.2. The Morgan fingerprint density at radius 1 is 0.828 bits per heavy atom. The van der Waals surface area contributed by atoms with E-state index in [2.05, 4.69) is 94.6 Å². The van der Waals surface area contributed by atoms with Crippen LogP contribution in [0.15, 0.2) is 60.7 Å². The van der Waals surface area contributed by atoms with Gasteiger partial charge in [0.05, 0.1) is 0 Å². The zero-order valence-corrected chi connectivity index (χ0v) is 17.5. The fourth-order valence-electron chi connectivity index (χ4n) is 3.68. The predicted octanol–water partition coefficient (Wildman–Crippen LogP) is 4.98. The number of anilines is 4. The number of nitrogens with zero attached hydrogens (tertiary/aromatic N) is 4. The van der Waals surface area contributed by atoms with E-state index in [0.29, 0.717) is 11.9 Å². The van der Waals surface area contributed by atoms with E-state index < -0.39 is 0 Å². The molecule has 2 aromatic carbocycles. The van der Waals surface area contributed by atoms with Gasteiger partial charge < -0.3 is 15.1 Å². The molecule has 0 spiro atoms. The summed E-state index contributed by atoms with van der Waals surface area (Å²) in [6.45, 7) is 10.3. The highest BCUT2D eigenvalue weighted by Gasteiger charge is 2.19. The molecule has 0 bridgehead atoms. The molecule has 0 unspecified atom stereocenters. The topological polar surface area (TPSA) is 44.3 Å². The number of nitrogens with one attached hydrogen (secondary N) is 1.